The van der Waals surface area contributed by atoms with Crippen LogP contribution in [-0.2, 0) is 21.2 Å². The number of nitrogens with two attached hydrogens (primary N) is 1. The predicted octanol–water partition coefficient (Wildman–Crippen LogP) is 1.11. The van der Waals surface area contributed by atoms with Gasteiger partial charge < -0.3 is 10.2 Å². The second-order valence-corrected chi connectivity index (χ2v) is 8.22. The fraction of sp³-hybridized carbons (Fsp3) is 0.588. The van der Waals surface area contributed by atoms with Gasteiger partial charge in [-0.25, -0.2) is 13.6 Å². The Morgan fingerprint density at radius 2 is 2.00 bits per heavy atom. The zero-order valence-electron chi connectivity index (χ0n) is 14.4. The Hall–Kier alpha value is -1.44. The van der Waals surface area contributed by atoms with Gasteiger partial charge in [-0.05, 0) is 57.4 Å². The predicted molar refractivity (Wildman–Crippen MR) is 94.0 cm³/mol. The lowest BCUT2D eigenvalue weighted by Gasteiger charge is -2.34. The van der Waals surface area contributed by atoms with Crippen LogP contribution in [0.1, 0.15) is 32.3 Å². The van der Waals surface area contributed by atoms with Crippen LogP contribution >= 0.6 is 0 Å². The number of nitrogens with zero attached hydrogens (tertiary/aromatic N) is 1. The highest BCUT2D eigenvalue weighted by Crippen LogP contribution is 2.18. The van der Waals surface area contributed by atoms with E-state index in [1.54, 1.807) is 12.1 Å². The molecule has 0 aromatic heterocycles. The van der Waals surface area contributed by atoms with E-state index in [4.69, 9.17) is 5.14 Å². The minimum absolute atomic E-state index is 0.0610. The lowest BCUT2D eigenvalue weighted by Crippen LogP contribution is -2.45. The number of amides is 1. The average molecular weight is 353 g/mol. The molecule has 1 fully saturated rings. The number of primary sulfonamides is 1. The summed E-state index contributed by atoms with van der Waals surface area (Å²) in [6, 6.07) is 6.92. The van der Waals surface area contributed by atoms with Gasteiger partial charge in [0.05, 0.1) is 10.8 Å². The van der Waals surface area contributed by atoms with Crippen molar-refractivity contribution in [3.05, 3.63) is 29.8 Å². The minimum atomic E-state index is -3.65. The van der Waals surface area contributed by atoms with Gasteiger partial charge in [-0.15, -0.1) is 0 Å². The molecule has 1 heterocycles. The van der Waals surface area contributed by atoms with E-state index in [0.29, 0.717) is 19.0 Å². The van der Waals surface area contributed by atoms with Crippen LogP contribution in [0.5, 0.6) is 0 Å². The second kappa shape index (κ2) is 8.09. The van der Waals surface area contributed by atoms with Crippen LogP contribution in [0.4, 0.5) is 0 Å². The Morgan fingerprint density at radius 3 is 2.58 bits per heavy atom. The van der Waals surface area contributed by atoms with Crippen molar-refractivity contribution in [2.45, 2.75) is 44.0 Å². The van der Waals surface area contributed by atoms with Crippen LogP contribution < -0.4 is 10.5 Å². The van der Waals surface area contributed by atoms with Gasteiger partial charge >= 0.3 is 0 Å². The molecule has 0 aliphatic carbocycles. The molecular weight excluding hydrogens is 326 g/mol. The van der Waals surface area contributed by atoms with Crippen molar-refractivity contribution in [2.24, 2.45) is 11.1 Å². The fourth-order valence-electron chi connectivity index (χ4n) is 3.01. The molecule has 0 unspecified atom stereocenters. The molecule has 1 amide bonds. The molecule has 6 nitrogen and oxygen atoms in total. The minimum Gasteiger partial charge on any atom is -0.355 e. The van der Waals surface area contributed by atoms with Crippen molar-refractivity contribution in [1.82, 2.24) is 10.2 Å². The molecule has 0 saturated carbocycles. The van der Waals surface area contributed by atoms with Crippen LogP contribution in [0, 0.1) is 5.92 Å². The third-order valence-corrected chi connectivity index (χ3v) is 5.45. The van der Waals surface area contributed by atoms with Gasteiger partial charge in [-0.2, -0.15) is 0 Å². The maximum absolute atomic E-state index is 12.3. The van der Waals surface area contributed by atoms with Gasteiger partial charge in [-0.3, -0.25) is 4.79 Å². The fourth-order valence-corrected chi connectivity index (χ4v) is 3.53. The first-order valence-electron chi connectivity index (χ1n) is 8.41. The summed E-state index contributed by atoms with van der Waals surface area (Å²) in [4.78, 5) is 14.8. The first-order chi connectivity index (χ1) is 11.3. The van der Waals surface area contributed by atoms with Gasteiger partial charge in [0.1, 0.15) is 0 Å². The molecule has 2 rings (SSSR count). The quantitative estimate of drug-likeness (QED) is 0.801. The van der Waals surface area contributed by atoms with Gasteiger partial charge in [0, 0.05) is 19.1 Å². The van der Waals surface area contributed by atoms with Crippen molar-refractivity contribution < 1.29 is 13.2 Å². The molecule has 7 heteroatoms. The summed E-state index contributed by atoms with van der Waals surface area (Å²) in [5.74, 6) is 0.174. The van der Waals surface area contributed by atoms with Crippen LogP contribution in [-0.4, -0.2) is 44.9 Å². The zero-order valence-corrected chi connectivity index (χ0v) is 15.2. The van der Waals surface area contributed by atoms with Crippen LogP contribution in [0.3, 0.4) is 0 Å². The number of sulfonamides is 1. The highest BCUT2D eigenvalue weighted by molar-refractivity contribution is 7.89. The Kier molecular flexibility index (Phi) is 6.37. The van der Waals surface area contributed by atoms with E-state index >= 15 is 0 Å². The lowest BCUT2D eigenvalue weighted by atomic mass is 9.96. The van der Waals surface area contributed by atoms with Gasteiger partial charge in [0.15, 0.2) is 0 Å². The highest BCUT2D eigenvalue weighted by atomic mass is 32.2. The molecule has 1 atom stereocenters. The molecule has 1 saturated heterocycles. The number of carbonyl (C=O) groups is 1. The van der Waals surface area contributed by atoms with Crippen molar-refractivity contribution in [3.8, 4) is 0 Å². The number of piperidine rings is 1. The Balaban J connectivity index is 1.80. The lowest BCUT2D eigenvalue weighted by molar-refractivity contribution is -0.126. The molecule has 0 radical (unpaired) electrons. The average Bonchev–Trinajstić information content (AvgIpc) is 2.54. The van der Waals surface area contributed by atoms with Crippen molar-refractivity contribution in [2.75, 3.05) is 19.6 Å². The van der Waals surface area contributed by atoms with E-state index in [1.807, 2.05) is 0 Å². The second-order valence-electron chi connectivity index (χ2n) is 6.66. The first kappa shape index (κ1) is 18.9. The smallest absolute Gasteiger partial charge is 0.238 e. The van der Waals surface area contributed by atoms with Crippen LogP contribution in [0.15, 0.2) is 29.2 Å². The van der Waals surface area contributed by atoms with E-state index in [2.05, 4.69) is 24.1 Å². The number of rotatable bonds is 6. The molecule has 0 bridgehead atoms. The SMILES string of the molecule is CC(C)N1CCC[C@H](C(=O)NCCc2ccc(S(N)(=O)=O)cc2)C1. The van der Waals surface area contributed by atoms with Gasteiger partial charge in [0.2, 0.25) is 15.9 Å². The topological polar surface area (TPSA) is 92.5 Å². The summed E-state index contributed by atoms with van der Waals surface area (Å²) < 4.78 is 22.4. The summed E-state index contributed by atoms with van der Waals surface area (Å²) in [6.07, 6.45) is 2.67. The van der Waals surface area contributed by atoms with E-state index in [-0.39, 0.29) is 16.7 Å². The molecule has 1 aliphatic heterocycles. The molecule has 0 spiro atoms. The number of likely N-dealkylation sites (tertiary alicyclic amines) is 1. The number of carbonyl (C=O) groups excluding carboxylic acids is 1. The Bertz CT molecular complexity index is 656. The van der Waals surface area contributed by atoms with Crippen molar-refractivity contribution in [3.63, 3.8) is 0 Å². The Labute approximate surface area is 144 Å². The number of hydrogen-bond acceptors (Lipinski definition) is 4. The van der Waals surface area contributed by atoms with Crippen molar-refractivity contribution in [1.29, 1.82) is 0 Å². The zero-order chi connectivity index (χ0) is 17.7. The van der Waals surface area contributed by atoms with Gasteiger partial charge in [0.25, 0.3) is 0 Å². The third-order valence-electron chi connectivity index (χ3n) is 4.52. The van der Waals surface area contributed by atoms with E-state index in [1.165, 1.54) is 12.1 Å². The highest BCUT2D eigenvalue weighted by Gasteiger charge is 2.26. The molecule has 1 aromatic rings. The maximum Gasteiger partial charge on any atom is 0.238 e. The molecule has 24 heavy (non-hydrogen) atoms. The molecular formula is C17H27N3O3S. The molecule has 134 valence electrons. The van der Waals surface area contributed by atoms with Crippen molar-refractivity contribution >= 4 is 15.9 Å². The normalized spacial score (nSPS) is 19.4. The number of hydrogen-bond donors (Lipinski definition) is 2. The third kappa shape index (κ3) is 5.29. The van der Waals surface area contributed by atoms with E-state index in [0.717, 1.165) is 31.5 Å². The molecule has 3 N–H and O–H groups in total. The summed E-state index contributed by atoms with van der Waals surface area (Å²) in [6.45, 7) is 6.76. The standard InChI is InChI=1S/C17H27N3O3S/c1-13(2)20-11-3-4-15(12-20)17(21)19-10-9-14-5-7-16(8-6-14)24(18,22)23/h5-8,13,15H,3-4,9-12H2,1-2H3,(H,19,21)(H2,18,22,23)/t15-/m0/s1. The maximum atomic E-state index is 12.3. The monoisotopic (exact) mass is 353 g/mol. The van der Waals surface area contributed by atoms with Gasteiger partial charge in [-0.1, -0.05) is 12.1 Å². The molecule has 1 aliphatic rings. The summed E-state index contributed by atoms with van der Waals surface area (Å²) in [5, 5.41) is 8.07. The number of nitrogens with one attached hydrogen (secondary N) is 1. The van der Waals surface area contributed by atoms with Crippen LogP contribution in [0.2, 0.25) is 0 Å². The molecule has 1 aromatic carbocycles. The summed E-state index contributed by atoms with van der Waals surface area (Å²) in [5.41, 5.74) is 0.968. The van der Waals surface area contributed by atoms with E-state index in [9.17, 15) is 13.2 Å². The first-order valence-corrected chi connectivity index (χ1v) is 9.95. The number of benzene rings is 1. The summed E-state index contributed by atoms with van der Waals surface area (Å²) in [7, 11) is -3.65. The largest absolute Gasteiger partial charge is 0.355 e. The Morgan fingerprint density at radius 1 is 1.33 bits per heavy atom. The van der Waals surface area contributed by atoms with E-state index < -0.39 is 10.0 Å². The summed E-state index contributed by atoms with van der Waals surface area (Å²) >= 11 is 0. The van der Waals surface area contributed by atoms with Crippen LogP contribution in [0.25, 0.3) is 0 Å².